The minimum Gasteiger partial charge on any atom is -0.208 e. The van der Waals surface area contributed by atoms with E-state index >= 15 is 0 Å². The highest BCUT2D eigenvalue weighted by molar-refractivity contribution is 7.89. The fraction of sp³-hybridized carbons (Fsp3) is 0.455. The van der Waals surface area contributed by atoms with Gasteiger partial charge in [-0.25, -0.2) is 21.9 Å². The van der Waals surface area contributed by atoms with Gasteiger partial charge in [0.25, 0.3) is 0 Å². The molecule has 1 N–H and O–H groups in total. The molecule has 94 valence electrons. The number of sulfonamides is 1. The third-order valence-electron chi connectivity index (χ3n) is 2.88. The molecule has 2 rings (SSSR count). The maximum absolute atomic E-state index is 13.0. The number of hydrogen-bond donors (Lipinski definition) is 1. The van der Waals surface area contributed by atoms with Gasteiger partial charge in [-0.2, -0.15) is 0 Å². The van der Waals surface area contributed by atoms with Crippen molar-refractivity contribution in [3.63, 3.8) is 0 Å². The first-order valence-corrected chi connectivity index (χ1v) is 6.95. The Morgan fingerprint density at radius 2 is 1.76 bits per heavy atom. The minimum atomic E-state index is -3.74. The van der Waals surface area contributed by atoms with Crippen LogP contribution >= 0.6 is 0 Å². The molecule has 0 radical (unpaired) electrons. The van der Waals surface area contributed by atoms with Crippen molar-refractivity contribution < 1.29 is 17.2 Å². The molecule has 0 aliphatic heterocycles. The standard InChI is InChI=1S/C11H13F2NO2S/c12-10-6-5-9(7-11(10)13)17(15,16)14-8-3-1-2-4-8/h5-8,14H,1-4H2. The van der Waals surface area contributed by atoms with Crippen molar-refractivity contribution in [2.45, 2.75) is 36.6 Å². The quantitative estimate of drug-likeness (QED) is 0.906. The van der Waals surface area contributed by atoms with Gasteiger partial charge in [-0.15, -0.1) is 0 Å². The summed E-state index contributed by atoms with van der Waals surface area (Å²) in [5.41, 5.74) is 0. The summed E-state index contributed by atoms with van der Waals surface area (Å²) in [4.78, 5) is -0.233. The molecular weight excluding hydrogens is 248 g/mol. The van der Waals surface area contributed by atoms with Crippen LogP contribution < -0.4 is 4.72 Å². The maximum atomic E-state index is 13.0. The molecule has 0 atom stereocenters. The van der Waals surface area contributed by atoms with Crippen LogP contribution in [0.5, 0.6) is 0 Å². The van der Waals surface area contributed by atoms with E-state index in [-0.39, 0.29) is 10.9 Å². The Bertz CT molecular complexity index is 510. The van der Waals surface area contributed by atoms with E-state index in [4.69, 9.17) is 0 Å². The SMILES string of the molecule is O=S(=O)(NC1CCCC1)c1ccc(F)c(F)c1. The number of benzene rings is 1. The third kappa shape index (κ3) is 2.81. The Balaban J connectivity index is 2.21. The van der Waals surface area contributed by atoms with Gasteiger partial charge < -0.3 is 0 Å². The Hall–Kier alpha value is -1.01. The van der Waals surface area contributed by atoms with Crippen molar-refractivity contribution in [2.75, 3.05) is 0 Å². The molecule has 0 saturated heterocycles. The lowest BCUT2D eigenvalue weighted by atomic mass is 10.3. The molecule has 1 fully saturated rings. The van der Waals surface area contributed by atoms with E-state index < -0.39 is 21.7 Å². The fourth-order valence-corrected chi connectivity index (χ4v) is 3.29. The number of rotatable bonds is 3. The van der Waals surface area contributed by atoms with Crippen molar-refractivity contribution in [1.82, 2.24) is 4.72 Å². The van der Waals surface area contributed by atoms with Gasteiger partial charge in [0.15, 0.2) is 11.6 Å². The number of hydrogen-bond acceptors (Lipinski definition) is 2. The summed E-state index contributed by atoms with van der Waals surface area (Å²) in [5, 5.41) is 0. The molecule has 1 aromatic rings. The highest BCUT2D eigenvalue weighted by Crippen LogP contribution is 2.21. The van der Waals surface area contributed by atoms with E-state index in [1.165, 1.54) is 0 Å². The van der Waals surface area contributed by atoms with Crippen LogP contribution in [0.2, 0.25) is 0 Å². The van der Waals surface area contributed by atoms with Gasteiger partial charge in [-0.05, 0) is 31.0 Å². The van der Waals surface area contributed by atoms with Crippen LogP contribution in [-0.2, 0) is 10.0 Å². The van der Waals surface area contributed by atoms with E-state index in [0.717, 1.165) is 37.8 Å². The smallest absolute Gasteiger partial charge is 0.208 e. The molecule has 0 unspecified atom stereocenters. The first kappa shape index (κ1) is 12.4. The fourth-order valence-electron chi connectivity index (χ4n) is 1.98. The van der Waals surface area contributed by atoms with Gasteiger partial charge in [-0.1, -0.05) is 12.8 Å². The molecule has 1 aromatic carbocycles. The predicted octanol–water partition coefficient (Wildman–Crippen LogP) is 2.19. The molecule has 1 aliphatic rings. The van der Waals surface area contributed by atoms with Gasteiger partial charge in [0.2, 0.25) is 10.0 Å². The van der Waals surface area contributed by atoms with Crippen molar-refractivity contribution >= 4 is 10.0 Å². The lowest BCUT2D eigenvalue weighted by molar-refractivity contribution is 0.503. The van der Waals surface area contributed by atoms with Crippen LogP contribution in [0.3, 0.4) is 0 Å². The zero-order valence-corrected chi connectivity index (χ0v) is 9.93. The average Bonchev–Trinajstić information content (AvgIpc) is 2.73. The second kappa shape index (κ2) is 4.70. The number of nitrogens with one attached hydrogen (secondary N) is 1. The van der Waals surface area contributed by atoms with E-state index in [9.17, 15) is 17.2 Å². The van der Waals surface area contributed by atoms with Crippen LogP contribution in [0.15, 0.2) is 23.1 Å². The van der Waals surface area contributed by atoms with Crippen LogP contribution in [0.25, 0.3) is 0 Å². The minimum absolute atomic E-state index is 0.0897. The molecular formula is C11H13F2NO2S. The second-order valence-corrected chi connectivity index (χ2v) is 5.89. The summed E-state index contributed by atoms with van der Waals surface area (Å²) in [6.45, 7) is 0. The summed E-state index contributed by atoms with van der Waals surface area (Å²) in [6.07, 6.45) is 3.57. The molecule has 0 spiro atoms. The van der Waals surface area contributed by atoms with Crippen molar-refractivity contribution in [1.29, 1.82) is 0 Å². The Kier molecular flexibility index (Phi) is 3.44. The predicted molar refractivity (Wildman–Crippen MR) is 58.9 cm³/mol. The second-order valence-electron chi connectivity index (χ2n) is 4.18. The Morgan fingerprint density at radius 1 is 1.12 bits per heavy atom. The Labute approximate surface area is 98.9 Å². The molecule has 6 heteroatoms. The summed E-state index contributed by atoms with van der Waals surface area (Å²) < 4.78 is 51.9. The van der Waals surface area contributed by atoms with E-state index in [1.807, 2.05) is 0 Å². The molecule has 0 amide bonds. The van der Waals surface area contributed by atoms with Gasteiger partial charge in [0, 0.05) is 6.04 Å². The highest BCUT2D eigenvalue weighted by Gasteiger charge is 2.23. The van der Waals surface area contributed by atoms with Crippen molar-refractivity contribution in [2.24, 2.45) is 0 Å². The first-order chi connectivity index (χ1) is 7.99. The zero-order valence-electron chi connectivity index (χ0n) is 9.12. The number of halogens is 2. The molecule has 0 heterocycles. The van der Waals surface area contributed by atoms with Gasteiger partial charge >= 0.3 is 0 Å². The summed E-state index contributed by atoms with van der Waals surface area (Å²) >= 11 is 0. The van der Waals surface area contributed by atoms with E-state index in [2.05, 4.69) is 4.72 Å². The third-order valence-corrected chi connectivity index (χ3v) is 4.40. The van der Waals surface area contributed by atoms with Gasteiger partial charge in [0.05, 0.1) is 4.90 Å². The normalized spacial score (nSPS) is 17.5. The largest absolute Gasteiger partial charge is 0.240 e. The lowest BCUT2D eigenvalue weighted by Gasteiger charge is -2.12. The van der Waals surface area contributed by atoms with Gasteiger partial charge in [-0.3, -0.25) is 0 Å². The average molecular weight is 261 g/mol. The van der Waals surface area contributed by atoms with Gasteiger partial charge in [0.1, 0.15) is 0 Å². The Morgan fingerprint density at radius 3 is 2.35 bits per heavy atom. The highest BCUT2D eigenvalue weighted by atomic mass is 32.2. The molecule has 1 aliphatic carbocycles. The molecule has 0 bridgehead atoms. The van der Waals surface area contributed by atoms with E-state index in [1.54, 1.807) is 0 Å². The molecule has 1 saturated carbocycles. The summed E-state index contributed by atoms with van der Waals surface area (Å²) in [7, 11) is -3.74. The zero-order chi connectivity index (χ0) is 12.5. The topological polar surface area (TPSA) is 46.2 Å². The monoisotopic (exact) mass is 261 g/mol. The maximum Gasteiger partial charge on any atom is 0.240 e. The van der Waals surface area contributed by atoms with Crippen molar-refractivity contribution in [3.05, 3.63) is 29.8 Å². The van der Waals surface area contributed by atoms with Crippen LogP contribution in [0, 0.1) is 11.6 Å². The molecule has 3 nitrogen and oxygen atoms in total. The summed E-state index contributed by atoms with van der Waals surface area (Å²) in [5.74, 6) is -2.20. The van der Waals surface area contributed by atoms with Crippen LogP contribution in [0.1, 0.15) is 25.7 Å². The van der Waals surface area contributed by atoms with Crippen LogP contribution in [-0.4, -0.2) is 14.5 Å². The van der Waals surface area contributed by atoms with Crippen molar-refractivity contribution in [3.8, 4) is 0 Å². The molecule has 17 heavy (non-hydrogen) atoms. The summed E-state index contributed by atoms with van der Waals surface area (Å²) in [6, 6.07) is 2.49. The lowest BCUT2D eigenvalue weighted by Crippen LogP contribution is -2.32. The van der Waals surface area contributed by atoms with E-state index in [0.29, 0.717) is 6.07 Å². The molecule has 0 aromatic heterocycles. The first-order valence-electron chi connectivity index (χ1n) is 5.46. The van der Waals surface area contributed by atoms with Crippen LogP contribution in [0.4, 0.5) is 8.78 Å².